The zero-order valence-corrected chi connectivity index (χ0v) is 23.8. The Kier molecular flexibility index (Phi) is 10.3. The molecule has 0 saturated heterocycles. The van der Waals surface area contributed by atoms with Gasteiger partial charge in [-0.15, -0.1) is 0 Å². The molecule has 0 amide bonds. The summed E-state index contributed by atoms with van der Waals surface area (Å²) in [5.74, 6) is -0.839. The van der Waals surface area contributed by atoms with Crippen LogP contribution in [-0.4, -0.2) is 39.2 Å². The molecule has 0 fully saturated rings. The molecule has 1 aliphatic rings. The van der Waals surface area contributed by atoms with Crippen molar-refractivity contribution in [3.63, 3.8) is 0 Å². The highest BCUT2D eigenvalue weighted by molar-refractivity contribution is 5.88. The fraction of sp³-hybridized carbons (Fsp3) is 0.645. The highest BCUT2D eigenvalue weighted by Crippen LogP contribution is 2.35. The largest absolute Gasteiger partial charge is 0.457 e. The van der Waals surface area contributed by atoms with E-state index >= 15 is 0 Å². The van der Waals surface area contributed by atoms with Gasteiger partial charge in [-0.2, -0.15) is 0 Å². The standard InChI is InChI=1S/C31H45NO6/c1-7-8-12-23-29(35)20(3)11-9-10-19(2)13-15-25(22-14-16-26-24(17-22)32-21(4)37-26)38-28(34)18-27(33)31(5,6)30(23)36/h13-14,16-17,20,23,25,27,29,33,35H,7-12,15,18H2,1-6H3/b19-13-/t20-,23+,25-,27-,29-/m0/s1. The van der Waals surface area contributed by atoms with Gasteiger partial charge in [-0.05, 0) is 56.2 Å². The Morgan fingerprint density at radius 3 is 2.61 bits per heavy atom. The molecule has 1 aromatic heterocycles. The molecule has 5 atom stereocenters. The Morgan fingerprint density at radius 2 is 1.89 bits per heavy atom. The maximum Gasteiger partial charge on any atom is 0.309 e. The van der Waals surface area contributed by atoms with Gasteiger partial charge in [-0.1, -0.05) is 58.3 Å². The number of aliphatic hydroxyl groups excluding tert-OH is 2. The molecule has 0 bridgehead atoms. The number of cyclic esters (lactones) is 1. The molecule has 7 nitrogen and oxygen atoms in total. The second-order valence-electron chi connectivity index (χ2n) is 11.6. The summed E-state index contributed by atoms with van der Waals surface area (Å²) < 4.78 is 11.5. The minimum atomic E-state index is -1.24. The third-order valence-electron chi connectivity index (χ3n) is 8.10. The van der Waals surface area contributed by atoms with Crippen molar-refractivity contribution in [3.05, 3.63) is 41.3 Å². The van der Waals surface area contributed by atoms with Crippen molar-refractivity contribution < 1.29 is 29.0 Å². The molecule has 0 spiro atoms. The number of aryl methyl sites for hydroxylation is 1. The van der Waals surface area contributed by atoms with Crippen LogP contribution < -0.4 is 0 Å². The molecule has 0 unspecified atom stereocenters. The SMILES string of the molecule is CCCC[C@H]1C(=O)C(C)(C)[C@@H](O)CC(=O)O[C@H](c2ccc3oc(C)nc3c2)C/C=C(/C)CCC[C@H](C)[C@@H]1O. The van der Waals surface area contributed by atoms with Gasteiger partial charge in [0.1, 0.15) is 17.4 Å². The van der Waals surface area contributed by atoms with Crippen LogP contribution in [0.5, 0.6) is 0 Å². The number of benzene rings is 1. The number of ketones is 1. The summed E-state index contributed by atoms with van der Waals surface area (Å²) in [7, 11) is 0. The molecule has 0 saturated carbocycles. The molecule has 1 aromatic carbocycles. The van der Waals surface area contributed by atoms with Gasteiger partial charge in [0.05, 0.1) is 24.0 Å². The van der Waals surface area contributed by atoms with Crippen molar-refractivity contribution in [2.24, 2.45) is 17.3 Å². The van der Waals surface area contributed by atoms with Crippen molar-refractivity contribution in [1.82, 2.24) is 4.98 Å². The number of hydrogen-bond acceptors (Lipinski definition) is 7. The van der Waals surface area contributed by atoms with Crippen molar-refractivity contribution in [1.29, 1.82) is 0 Å². The fourth-order valence-corrected chi connectivity index (χ4v) is 5.34. The van der Waals surface area contributed by atoms with Crippen LogP contribution in [0.3, 0.4) is 0 Å². The fourth-order valence-electron chi connectivity index (χ4n) is 5.34. The Bertz CT molecular complexity index is 1130. The predicted octanol–water partition coefficient (Wildman–Crippen LogP) is 6.39. The summed E-state index contributed by atoms with van der Waals surface area (Å²) in [4.78, 5) is 31.2. The number of esters is 1. The number of carbonyl (C=O) groups excluding carboxylic acids is 2. The van der Waals surface area contributed by atoms with Gasteiger partial charge in [0, 0.05) is 19.3 Å². The van der Waals surface area contributed by atoms with E-state index in [4.69, 9.17) is 9.15 Å². The number of rotatable bonds is 4. The molecule has 7 heteroatoms. The second kappa shape index (κ2) is 13.0. The molecule has 0 radical (unpaired) electrons. The number of unbranched alkanes of at least 4 members (excludes halogenated alkanes) is 1. The average molecular weight is 528 g/mol. The van der Waals surface area contributed by atoms with Gasteiger partial charge < -0.3 is 19.4 Å². The highest BCUT2D eigenvalue weighted by atomic mass is 16.5. The Labute approximate surface area is 226 Å². The second-order valence-corrected chi connectivity index (χ2v) is 11.6. The van der Waals surface area contributed by atoms with Gasteiger partial charge in [-0.25, -0.2) is 4.98 Å². The smallest absolute Gasteiger partial charge is 0.309 e. The molecule has 2 N–H and O–H groups in total. The van der Waals surface area contributed by atoms with Crippen LogP contribution in [0.2, 0.25) is 0 Å². The number of ether oxygens (including phenoxy) is 1. The topological polar surface area (TPSA) is 110 Å². The zero-order chi connectivity index (χ0) is 28.0. The highest BCUT2D eigenvalue weighted by Gasteiger charge is 2.43. The Hall–Kier alpha value is -2.51. The summed E-state index contributed by atoms with van der Waals surface area (Å²) in [5.41, 5.74) is 2.13. The van der Waals surface area contributed by atoms with Crippen LogP contribution >= 0.6 is 0 Å². The lowest BCUT2D eigenvalue weighted by Crippen LogP contribution is -2.46. The van der Waals surface area contributed by atoms with E-state index < -0.39 is 35.6 Å². The van der Waals surface area contributed by atoms with Crippen molar-refractivity contribution in [3.8, 4) is 0 Å². The minimum absolute atomic E-state index is 0.0511. The van der Waals surface area contributed by atoms with Gasteiger partial charge in [0.15, 0.2) is 11.5 Å². The first-order valence-corrected chi connectivity index (χ1v) is 14.1. The molecule has 2 heterocycles. The Morgan fingerprint density at radius 1 is 1.16 bits per heavy atom. The van der Waals surface area contributed by atoms with Crippen molar-refractivity contribution in [2.75, 3.05) is 0 Å². The van der Waals surface area contributed by atoms with Crippen molar-refractivity contribution >= 4 is 22.9 Å². The van der Waals surface area contributed by atoms with Crippen molar-refractivity contribution in [2.45, 2.75) is 111 Å². The summed E-state index contributed by atoms with van der Waals surface area (Å²) in [6.45, 7) is 11.2. The number of fused-ring (bicyclic) bond motifs is 1. The van der Waals surface area contributed by atoms with Crippen LogP contribution in [0.15, 0.2) is 34.3 Å². The number of allylic oxidation sites excluding steroid dienone is 1. The molecule has 210 valence electrons. The van der Waals surface area contributed by atoms with Crippen LogP contribution in [0.1, 0.15) is 104 Å². The normalized spacial score (nSPS) is 29.6. The zero-order valence-electron chi connectivity index (χ0n) is 23.8. The minimum Gasteiger partial charge on any atom is -0.457 e. The van der Waals surface area contributed by atoms with E-state index in [1.807, 2.05) is 25.1 Å². The quantitative estimate of drug-likeness (QED) is 0.350. The number of nitrogens with zero attached hydrogens (tertiary/aromatic N) is 1. The maximum absolute atomic E-state index is 13.7. The van der Waals surface area contributed by atoms with Gasteiger partial charge in [0.2, 0.25) is 0 Å². The van der Waals surface area contributed by atoms with Gasteiger partial charge >= 0.3 is 5.97 Å². The molecular weight excluding hydrogens is 482 g/mol. The molecule has 38 heavy (non-hydrogen) atoms. The summed E-state index contributed by atoms with van der Waals surface area (Å²) in [6.07, 6.45) is 4.51. The lowest BCUT2D eigenvalue weighted by atomic mass is 9.71. The maximum atomic E-state index is 13.7. The predicted molar refractivity (Wildman–Crippen MR) is 147 cm³/mol. The monoisotopic (exact) mass is 527 g/mol. The lowest BCUT2D eigenvalue weighted by Gasteiger charge is -2.36. The van der Waals surface area contributed by atoms with Crippen LogP contribution in [-0.2, 0) is 14.3 Å². The first-order chi connectivity index (χ1) is 17.9. The van der Waals surface area contributed by atoms with E-state index in [9.17, 15) is 19.8 Å². The number of aromatic nitrogens is 1. The molecular formula is C31H45NO6. The van der Waals surface area contributed by atoms with Gasteiger partial charge in [0.25, 0.3) is 0 Å². The number of hydrogen-bond donors (Lipinski definition) is 2. The summed E-state index contributed by atoms with van der Waals surface area (Å²) >= 11 is 0. The van der Waals surface area contributed by atoms with E-state index in [0.717, 1.165) is 37.7 Å². The van der Waals surface area contributed by atoms with E-state index in [1.54, 1.807) is 20.8 Å². The van der Waals surface area contributed by atoms with E-state index in [-0.39, 0.29) is 18.1 Å². The number of oxazole rings is 1. The Balaban J connectivity index is 1.92. The molecule has 2 aromatic rings. The summed E-state index contributed by atoms with van der Waals surface area (Å²) in [5, 5.41) is 22.3. The van der Waals surface area contributed by atoms with E-state index in [0.29, 0.717) is 29.8 Å². The molecule has 3 rings (SSSR count). The van der Waals surface area contributed by atoms with Gasteiger partial charge in [-0.3, -0.25) is 9.59 Å². The molecule has 0 aliphatic carbocycles. The average Bonchev–Trinajstić information content (AvgIpc) is 3.24. The third kappa shape index (κ3) is 7.32. The number of carbonyl (C=O) groups is 2. The van der Waals surface area contributed by atoms with E-state index in [1.165, 1.54) is 5.57 Å². The third-order valence-corrected chi connectivity index (χ3v) is 8.10. The molecule has 1 aliphatic heterocycles. The van der Waals surface area contributed by atoms with Crippen LogP contribution in [0.4, 0.5) is 0 Å². The summed E-state index contributed by atoms with van der Waals surface area (Å²) in [6, 6.07) is 5.57. The number of Topliss-reactive ketones (excluding diaryl/α,β-unsaturated/α-hetero) is 1. The van der Waals surface area contributed by atoms with Crippen LogP contribution in [0, 0.1) is 24.2 Å². The van der Waals surface area contributed by atoms with E-state index in [2.05, 4.69) is 24.9 Å². The first kappa shape index (κ1) is 30.0. The number of aliphatic hydroxyl groups is 2. The van der Waals surface area contributed by atoms with Crippen LogP contribution in [0.25, 0.3) is 11.1 Å². The lowest BCUT2D eigenvalue weighted by molar-refractivity contribution is -0.156. The first-order valence-electron chi connectivity index (χ1n) is 14.1.